The minimum absolute atomic E-state index is 0.0498. The molecule has 96 valence electrons. The molecule has 0 saturated heterocycles. The molecule has 0 atom stereocenters. The van der Waals surface area contributed by atoms with Gasteiger partial charge >= 0.3 is 11.2 Å². The molecule has 0 spiro atoms. The van der Waals surface area contributed by atoms with Gasteiger partial charge in [0.2, 0.25) is 5.58 Å². The van der Waals surface area contributed by atoms with Gasteiger partial charge in [0.05, 0.1) is 0 Å². The Morgan fingerprint density at radius 2 is 2.05 bits per heavy atom. The van der Waals surface area contributed by atoms with Crippen molar-refractivity contribution in [3.05, 3.63) is 57.8 Å². The Hall–Kier alpha value is -2.76. The fraction of sp³-hybridized carbons (Fsp3) is 0.0769. The van der Waals surface area contributed by atoms with Crippen molar-refractivity contribution in [3.8, 4) is 0 Å². The summed E-state index contributed by atoms with van der Waals surface area (Å²) in [5.74, 6) is 0. The largest absolute Gasteiger partial charge is 0.448 e. The van der Waals surface area contributed by atoms with Gasteiger partial charge in [0.1, 0.15) is 11.1 Å². The number of para-hydroxylation sites is 1. The predicted octanol–water partition coefficient (Wildman–Crippen LogP) is 1.33. The van der Waals surface area contributed by atoms with Crippen LogP contribution in [0.2, 0.25) is 0 Å². The molecule has 0 saturated carbocycles. The molecule has 2 aromatic heterocycles. The molecule has 2 heterocycles. The lowest BCUT2D eigenvalue weighted by molar-refractivity contribution is 0.157. The van der Waals surface area contributed by atoms with Gasteiger partial charge in [0.15, 0.2) is 0 Å². The van der Waals surface area contributed by atoms with Crippen molar-refractivity contribution in [1.29, 1.82) is 0 Å². The Kier molecular flexibility index (Phi) is 2.31. The van der Waals surface area contributed by atoms with Gasteiger partial charge in [0.25, 0.3) is 0 Å². The van der Waals surface area contributed by atoms with E-state index in [0.29, 0.717) is 16.5 Å². The number of furan rings is 1. The normalized spacial score (nSPS) is 11.2. The Balaban J connectivity index is 2.67. The monoisotopic (exact) mass is 258 g/mol. The minimum Gasteiger partial charge on any atom is -0.448 e. The van der Waals surface area contributed by atoms with Gasteiger partial charge in [-0.25, -0.2) is 4.79 Å². The molecule has 6 heteroatoms. The van der Waals surface area contributed by atoms with E-state index in [1.165, 1.54) is 10.6 Å². The third kappa shape index (κ3) is 1.43. The smallest absolute Gasteiger partial charge is 0.365 e. The quantitative estimate of drug-likeness (QED) is 0.555. The summed E-state index contributed by atoms with van der Waals surface area (Å²) in [6.07, 6.45) is 1.51. The number of hydrogen-bond donors (Lipinski definition) is 1. The molecular formula is C13H10N2O4. The average Bonchev–Trinajstić information content (AvgIpc) is 2.81. The van der Waals surface area contributed by atoms with E-state index in [9.17, 15) is 14.8 Å². The maximum atomic E-state index is 11.9. The first-order valence-corrected chi connectivity index (χ1v) is 5.62. The number of nitrogens with zero attached hydrogens (tertiary/aromatic N) is 2. The van der Waals surface area contributed by atoms with Crippen molar-refractivity contribution >= 4 is 22.1 Å². The number of benzene rings is 1. The Morgan fingerprint density at radius 3 is 2.79 bits per heavy atom. The summed E-state index contributed by atoms with van der Waals surface area (Å²) in [7, 11) is 0. The highest BCUT2D eigenvalue weighted by molar-refractivity contribution is 6.02. The van der Waals surface area contributed by atoms with Gasteiger partial charge in [-0.2, -0.15) is 0 Å². The molecule has 6 nitrogen and oxygen atoms in total. The molecule has 0 aliphatic heterocycles. The Bertz CT molecular complexity index is 914. The fourth-order valence-electron chi connectivity index (χ4n) is 2.14. The lowest BCUT2D eigenvalue weighted by Crippen LogP contribution is -2.38. The number of hydrogen-bond acceptors (Lipinski definition) is 4. The standard InChI is InChI=1S/C13H10N2O4/c1-2-7-14-10-8-5-3-4-6-9(8)19-11(10)12(16)15(18)13(14)17/h2-6,18H,1,7H2. The van der Waals surface area contributed by atoms with E-state index in [4.69, 9.17) is 4.42 Å². The summed E-state index contributed by atoms with van der Waals surface area (Å²) in [5.41, 5.74) is -0.876. The molecule has 3 aromatic rings. The van der Waals surface area contributed by atoms with Crippen LogP contribution in [0.3, 0.4) is 0 Å². The summed E-state index contributed by atoms with van der Waals surface area (Å²) < 4.78 is 6.71. The molecule has 3 rings (SSSR count). The van der Waals surface area contributed by atoms with Crippen LogP contribution in [-0.2, 0) is 6.54 Å². The number of allylic oxidation sites excluding steroid dienone is 1. The van der Waals surface area contributed by atoms with Crippen LogP contribution in [-0.4, -0.2) is 14.5 Å². The molecule has 1 N–H and O–H groups in total. The molecule has 1 aromatic carbocycles. The van der Waals surface area contributed by atoms with Crippen molar-refractivity contribution in [3.63, 3.8) is 0 Å². The lowest BCUT2D eigenvalue weighted by atomic mass is 10.2. The highest BCUT2D eigenvalue weighted by Crippen LogP contribution is 2.25. The fourth-order valence-corrected chi connectivity index (χ4v) is 2.14. The van der Waals surface area contributed by atoms with Crippen molar-refractivity contribution in [1.82, 2.24) is 9.30 Å². The van der Waals surface area contributed by atoms with Crippen LogP contribution in [0.25, 0.3) is 22.1 Å². The summed E-state index contributed by atoms with van der Waals surface area (Å²) >= 11 is 0. The van der Waals surface area contributed by atoms with Gasteiger partial charge in [-0.3, -0.25) is 9.36 Å². The van der Waals surface area contributed by atoms with E-state index in [0.717, 1.165) is 0 Å². The maximum Gasteiger partial charge on any atom is 0.365 e. The van der Waals surface area contributed by atoms with Crippen molar-refractivity contribution in [2.45, 2.75) is 6.54 Å². The molecule has 0 radical (unpaired) electrons. The number of aromatic nitrogens is 2. The van der Waals surface area contributed by atoms with Crippen LogP contribution in [0.1, 0.15) is 0 Å². The predicted molar refractivity (Wildman–Crippen MR) is 69.6 cm³/mol. The highest BCUT2D eigenvalue weighted by Gasteiger charge is 2.18. The van der Waals surface area contributed by atoms with Gasteiger partial charge in [-0.15, -0.1) is 6.58 Å². The second-order valence-electron chi connectivity index (χ2n) is 4.07. The second-order valence-corrected chi connectivity index (χ2v) is 4.07. The number of fused-ring (bicyclic) bond motifs is 3. The van der Waals surface area contributed by atoms with Crippen LogP contribution in [0.4, 0.5) is 0 Å². The summed E-state index contributed by atoms with van der Waals surface area (Å²) in [4.78, 5) is 23.8. The third-order valence-electron chi connectivity index (χ3n) is 2.95. The summed E-state index contributed by atoms with van der Waals surface area (Å²) in [6, 6.07) is 6.99. The van der Waals surface area contributed by atoms with Gasteiger partial charge in [0, 0.05) is 11.9 Å². The summed E-state index contributed by atoms with van der Waals surface area (Å²) in [6.45, 7) is 3.73. The summed E-state index contributed by atoms with van der Waals surface area (Å²) in [5, 5.41) is 10.2. The van der Waals surface area contributed by atoms with E-state index in [1.807, 2.05) is 0 Å². The topological polar surface area (TPSA) is 77.4 Å². The zero-order valence-electron chi connectivity index (χ0n) is 9.87. The molecule has 19 heavy (non-hydrogen) atoms. The Morgan fingerprint density at radius 1 is 1.32 bits per heavy atom. The lowest BCUT2D eigenvalue weighted by Gasteiger charge is -2.05. The van der Waals surface area contributed by atoms with Gasteiger partial charge in [-0.05, 0) is 12.1 Å². The first-order valence-electron chi connectivity index (χ1n) is 5.62. The van der Waals surface area contributed by atoms with Gasteiger partial charge < -0.3 is 9.62 Å². The zero-order valence-corrected chi connectivity index (χ0v) is 9.87. The molecule has 0 aliphatic rings. The van der Waals surface area contributed by atoms with Crippen molar-refractivity contribution in [2.75, 3.05) is 0 Å². The van der Waals surface area contributed by atoms with Crippen LogP contribution in [0.15, 0.2) is 50.9 Å². The average molecular weight is 258 g/mol. The van der Waals surface area contributed by atoms with Crippen LogP contribution >= 0.6 is 0 Å². The van der Waals surface area contributed by atoms with E-state index in [1.54, 1.807) is 24.3 Å². The highest BCUT2D eigenvalue weighted by atomic mass is 16.5. The Labute approximate surface area is 106 Å². The first kappa shape index (κ1) is 11.3. The van der Waals surface area contributed by atoms with E-state index in [2.05, 4.69) is 6.58 Å². The number of rotatable bonds is 2. The molecule has 0 aliphatic carbocycles. The molecule has 0 fully saturated rings. The van der Waals surface area contributed by atoms with E-state index >= 15 is 0 Å². The van der Waals surface area contributed by atoms with Crippen LogP contribution in [0, 0.1) is 0 Å². The van der Waals surface area contributed by atoms with Crippen molar-refractivity contribution < 1.29 is 9.62 Å². The molecule has 0 bridgehead atoms. The van der Waals surface area contributed by atoms with Crippen LogP contribution in [0.5, 0.6) is 0 Å². The van der Waals surface area contributed by atoms with E-state index in [-0.39, 0.29) is 16.9 Å². The van der Waals surface area contributed by atoms with Crippen molar-refractivity contribution in [2.24, 2.45) is 0 Å². The zero-order chi connectivity index (χ0) is 13.6. The minimum atomic E-state index is -0.864. The van der Waals surface area contributed by atoms with Gasteiger partial charge in [-0.1, -0.05) is 22.9 Å². The van der Waals surface area contributed by atoms with E-state index < -0.39 is 11.2 Å². The SMILES string of the molecule is C=CCn1c(=O)n(O)c(=O)c2oc3ccccc3c21. The molecular weight excluding hydrogens is 248 g/mol. The maximum absolute atomic E-state index is 11.9. The third-order valence-corrected chi connectivity index (χ3v) is 2.95. The van der Waals surface area contributed by atoms with Crippen LogP contribution < -0.4 is 11.2 Å². The molecule has 0 unspecified atom stereocenters. The second kappa shape index (κ2) is 3.88. The molecule has 0 amide bonds. The first-order chi connectivity index (χ1) is 9.15.